The summed E-state index contributed by atoms with van der Waals surface area (Å²) in [6, 6.07) is 9.91. The van der Waals surface area contributed by atoms with E-state index in [0.29, 0.717) is 6.54 Å². The van der Waals surface area contributed by atoms with Gasteiger partial charge in [-0.25, -0.2) is 4.98 Å². The lowest BCUT2D eigenvalue weighted by atomic mass is 10.2. The monoisotopic (exact) mass is 360 g/mol. The number of thiophene rings is 1. The first-order valence-corrected chi connectivity index (χ1v) is 8.91. The summed E-state index contributed by atoms with van der Waals surface area (Å²) in [5.74, 6) is 4.48. The van der Waals surface area contributed by atoms with Crippen LogP contribution in [0.15, 0.2) is 54.3 Å². The minimum atomic E-state index is 0.657. The van der Waals surface area contributed by atoms with E-state index in [9.17, 15) is 0 Å². The molecule has 4 aromatic rings. The fourth-order valence-electron chi connectivity index (χ4n) is 2.77. The second-order valence-corrected chi connectivity index (χ2v) is 6.54. The molecule has 1 N–H and O–H groups in total. The summed E-state index contributed by atoms with van der Waals surface area (Å²) in [6.07, 6.45) is 11.0. The zero-order valence-electron chi connectivity index (χ0n) is 14.1. The number of ether oxygens (including phenoxy) is 1. The fourth-order valence-corrected chi connectivity index (χ4v) is 3.62. The lowest BCUT2D eigenvalue weighted by Crippen LogP contribution is -2.03. The molecule has 0 fully saturated rings. The smallest absolute Gasteiger partial charge is 0.157 e. The maximum absolute atomic E-state index is 5.65. The van der Waals surface area contributed by atoms with Gasteiger partial charge in [0.25, 0.3) is 0 Å². The van der Waals surface area contributed by atoms with Crippen molar-refractivity contribution in [3.63, 3.8) is 0 Å². The molecule has 0 spiro atoms. The van der Waals surface area contributed by atoms with Crippen LogP contribution in [-0.2, 0) is 6.54 Å². The third kappa shape index (κ3) is 2.89. The van der Waals surface area contributed by atoms with Gasteiger partial charge in [-0.1, -0.05) is 18.1 Å². The standard InChI is InChI=1S/C20H16N4OS/c1-3-15-8-11-26-19(15)18-20(24-10-9-21-13-17(24)23-18)22-12-14-4-6-16(25-2)7-5-14/h1,4-11,13,22H,12H2,2H3. The molecule has 0 amide bonds. The van der Waals surface area contributed by atoms with Gasteiger partial charge in [0.05, 0.1) is 18.2 Å². The Morgan fingerprint density at radius 1 is 1.27 bits per heavy atom. The molecule has 128 valence electrons. The van der Waals surface area contributed by atoms with E-state index in [1.165, 1.54) is 0 Å². The van der Waals surface area contributed by atoms with Crippen LogP contribution >= 0.6 is 11.3 Å². The molecule has 4 rings (SSSR count). The van der Waals surface area contributed by atoms with Gasteiger partial charge in [-0.3, -0.25) is 9.38 Å². The van der Waals surface area contributed by atoms with Crippen LogP contribution in [-0.4, -0.2) is 21.5 Å². The molecule has 3 heterocycles. The molecule has 0 aliphatic heterocycles. The van der Waals surface area contributed by atoms with Gasteiger partial charge in [-0.05, 0) is 29.1 Å². The zero-order chi connectivity index (χ0) is 17.9. The molecular weight excluding hydrogens is 344 g/mol. The van der Waals surface area contributed by atoms with Crippen molar-refractivity contribution in [1.82, 2.24) is 14.4 Å². The summed E-state index contributed by atoms with van der Waals surface area (Å²) in [6.45, 7) is 0.657. The number of benzene rings is 1. The number of methoxy groups -OCH3 is 1. The molecular formula is C20H16N4OS. The second-order valence-electron chi connectivity index (χ2n) is 5.62. The lowest BCUT2D eigenvalue weighted by Gasteiger charge is -2.09. The Morgan fingerprint density at radius 2 is 2.12 bits per heavy atom. The highest BCUT2D eigenvalue weighted by Gasteiger charge is 2.17. The average Bonchev–Trinajstić information content (AvgIpc) is 3.30. The van der Waals surface area contributed by atoms with E-state index in [4.69, 9.17) is 16.1 Å². The van der Waals surface area contributed by atoms with Crippen molar-refractivity contribution >= 4 is 22.8 Å². The largest absolute Gasteiger partial charge is 0.497 e. The molecule has 1 aromatic carbocycles. The van der Waals surface area contributed by atoms with E-state index in [1.54, 1.807) is 30.8 Å². The molecule has 0 atom stereocenters. The minimum absolute atomic E-state index is 0.657. The average molecular weight is 360 g/mol. The Balaban J connectivity index is 1.73. The summed E-state index contributed by atoms with van der Waals surface area (Å²) in [7, 11) is 1.66. The SMILES string of the molecule is C#Cc1ccsc1-c1nc2cnccn2c1NCc1ccc(OC)cc1. The first kappa shape index (κ1) is 16.2. The van der Waals surface area contributed by atoms with Crippen LogP contribution in [0.25, 0.3) is 16.2 Å². The summed E-state index contributed by atoms with van der Waals surface area (Å²) in [4.78, 5) is 9.88. The van der Waals surface area contributed by atoms with Crippen molar-refractivity contribution in [3.8, 4) is 28.7 Å². The van der Waals surface area contributed by atoms with Crippen LogP contribution < -0.4 is 10.1 Å². The van der Waals surface area contributed by atoms with Crippen molar-refractivity contribution in [1.29, 1.82) is 0 Å². The van der Waals surface area contributed by atoms with E-state index in [1.807, 2.05) is 46.3 Å². The number of nitrogens with one attached hydrogen (secondary N) is 1. The summed E-state index contributed by atoms with van der Waals surface area (Å²) in [5.41, 5.74) is 3.61. The van der Waals surface area contributed by atoms with E-state index >= 15 is 0 Å². The van der Waals surface area contributed by atoms with Gasteiger partial charge in [0.1, 0.15) is 17.3 Å². The van der Waals surface area contributed by atoms with Gasteiger partial charge in [0.2, 0.25) is 0 Å². The van der Waals surface area contributed by atoms with Crippen LogP contribution in [0.1, 0.15) is 11.1 Å². The number of rotatable bonds is 5. The Morgan fingerprint density at radius 3 is 2.88 bits per heavy atom. The number of hydrogen-bond donors (Lipinski definition) is 1. The maximum atomic E-state index is 5.65. The number of hydrogen-bond acceptors (Lipinski definition) is 5. The number of fused-ring (bicyclic) bond motifs is 1. The number of terminal acetylenes is 1. The number of anilines is 1. The Labute approximate surface area is 155 Å². The molecule has 5 nitrogen and oxygen atoms in total. The molecule has 6 heteroatoms. The molecule has 3 aromatic heterocycles. The Bertz CT molecular complexity index is 1090. The lowest BCUT2D eigenvalue weighted by molar-refractivity contribution is 0.414. The van der Waals surface area contributed by atoms with Crippen LogP contribution in [0.4, 0.5) is 5.82 Å². The van der Waals surface area contributed by atoms with Crippen LogP contribution in [0.5, 0.6) is 5.75 Å². The Hall–Kier alpha value is -3.30. The number of nitrogens with zero attached hydrogens (tertiary/aromatic N) is 3. The van der Waals surface area contributed by atoms with E-state index in [2.05, 4.69) is 16.2 Å². The fraction of sp³-hybridized carbons (Fsp3) is 0.100. The summed E-state index contributed by atoms with van der Waals surface area (Å²) < 4.78 is 7.20. The van der Waals surface area contributed by atoms with Gasteiger partial charge >= 0.3 is 0 Å². The highest BCUT2D eigenvalue weighted by molar-refractivity contribution is 7.13. The van der Waals surface area contributed by atoms with Crippen molar-refractivity contribution in [2.75, 3.05) is 12.4 Å². The highest BCUT2D eigenvalue weighted by atomic mass is 32.1. The van der Waals surface area contributed by atoms with Crippen molar-refractivity contribution in [2.24, 2.45) is 0 Å². The van der Waals surface area contributed by atoms with E-state index in [-0.39, 0.29) is 0 Å². The molecule has 0 saturated carbocycles. The first-order valence-electron chi connectivity index (χ1n) is 8.03. The normalized spacial score (nSPS) is 10.6. The quantitative estimate of drug-likeness (QED) is 0.545. The molecule has 0 saturated heterocycles. The van der Waals surface area contributed by atoms with Crippen LogP contribution in [0.2, 0.25) is 0 Å². The number of imidazole rings is 1. The molecule has 0 radical (unpaired) electrons. The molecule has 0 aliphatic carbocycles. The number of aromatic nitrogens is 3. The molecule has 0 unspecified atom stereocenters. The van der Waals surface area contributed by atoms with E-state index in [0.717, 1.165) is 38.9 Å². The van der Waals surface area contributed by atoms with Gasteiger partial charge in [-0.15, -0.1) is 17.8 Å². The predicted octanol–water partition coefficient (Wildman–Crippen LogP) is 4.06. The van der Waals surface area contributed by atoms with Crippen molar-refractivity contribution < 1.29 is 4.74 Å². The molecule has 0 aliphatic rings. The van der Waals surface area contributed by atoms with Gasteiger partial charge in [0.15, 0.2) is 5.65 Å². The van der Waals surface area contributed by atoms with Gasteiger partial charge in [0, 0.05) is 24.5 Å². The summed E-state index contributed by atoms with van der Waals surface area (Å²) >= 11 is 1.59. The third-order valence-electron chi connectivity index (χ3n) is 4.09. The van der Waals surface area contributed by atoms with E-state index < -0.39 is 0 Å². The van der Waals surface area contributed by atoms with Crippen molar-refractivity contribution in [3.05, 3.63) is 65.4 Å². The Kier molecular flexibility index (Phi) is 4.30. The third-order valence-corrected chi connectivity index (χ3v) is 5.01. The topological polar surface area (TPSA) is 51.5 Å². The van der Waals surface area contributed by atoms with Crippen LogP contribution in [0.3, 0.4) is 0 Å². The maximum Gasteiger partial charge on any atom is 0.157 e. The van der Waals surface area contributed by atoms with Gasteiger partial charge < -0.3 is 10.1 Å². The first-order chi connectivity index (χ1) is 12.8. The molecule has 26 heavy (non-hydrogen) atoms. The van der Waals surface area contributed by atoms with Crippen molar-refractivity contribution in [2.45, 2.75) is 6.54 Å². The summed E-state index contributed by atoms with van der Waals surface area (Å²) in [5, 5.41) is 5.49. The predicted molar refractivity (Wildman–Crippen MR) is 105 cm³/mol. The molecule has 0 bridgehead atoms. The zero-order valence-corrected chi connectivity index (χ0v) is 15.0. The van der Waals surface area contributed by atoms with Crippen LogP contribution in [0, 0.1) is 12.3 Å². The van der Waals surface area contributed by atoms with Gasteiger partial charge in [-0.2, -0.15) is 0 Å². The highest BCUT2D eigenvalue weighted by Crippen LogP contribution is 2.34. The minimum Gasteiger partial charge on any atom is -0.497 e. The second kappa shape index (κ2) is 6.90.